The van der Waals surface area contributed by atoms with Gasteiger partial charge in [-0.05, 0) is 6.42 Å². The lowest BCUT2D eigenvalue weighted by atomic mass is 9.95. The van der Waals surface area contributed by atoms with E-state index in [4.69, 9.17) is 7.85 Å². The Morgan fingerprint density at radius 2 is 2.30 bits per heavy atom. The number of amides is 1. The molecule has 0 aliphatic rings. The van der Waals surface area contributed by atoms with Crippen molar-refractivity contribution in [3.63, 3.8) is 0 Å². The fourth-order valence-electron chi connectivity index (χ4n) is 0.802. The van der Waals surface area contributed by atoms with E-state index in [0.717, 1.165) is 12.8 Å². The van der Waals surface area contributed by atoms with E-state index in [9.17, 15) is 4.79 Å². The summed E-state index contributed by atoms with van der Waals surface area (Å²) in [5.74, 6) is 0.210. The molecule has 3 heteroatoms. The zero-order valence-electron chi connectivity index (χ0n) is 6.68. The number of rotatable bonds is 4. The lowest BCUT2D eigenvalue weighted by Gasteiger charge is -2.07. The molecule has 10 heavy (non-hydrogen) atoms. The van der Waals surface area contributed by atoms with Crippen LogP contribution < -0.4 is 5.32 Å². The molecule has 0 rings (SSSR count). The molecule has 56 valence electrons. The van der Waals surface area contributed by atoms with Gasteiger partial charge in [-0.3, -0.25) is 4.79 Å². The third-order valence-corrected chi connectivity index (χ3v) is 1.54. The van der Waals surface area contributed by atoms with Crippen molar-refractivity contribution in [3.05, 3.63) is 0 Å². The fraction of sp³-hybridized carbons (Fsp3) is 0.857. The van der Waals surface area contributed by atoms with Crippen LogP contribution in [-0.4, -0.2) is 20.8 Å². The van der Waals surface area contributed by atoms with Gasteiger partial charge in [-0.2, -0.15) is 0 Å². The first-order valence-electron chi connectivity index (χ1n) is 3.64. The van der Waals surface area contributed by atoms with Gasteiger partial charge in [0.05, 0.1) is 7.85 Å². The van der Waals surface area contributed by atoms with Gasteiger partial charge in [-0.15, -0.1) is 0 Å². The van der Waals surface area contributed by atoms with Crippen molar-refractivity contribution in [1.82, 2.24) is 5.32 Å². The molecule has 1 amide bonds. The average Bonchev–Trinajstić information content (AvgIpc) is 1.98. The van der Waals surface area contributed by atoms with Crippen molar-refractivity contribution in [2.24, 2.45) is 5.92 Å². The van der Waals surface area contributed by atoms with Gasteiger partial charge in [0.25, 0.3) is 0 Å². The van der Waals surface area contributed by atoms with E-state index in [2.05, 4.69) is 5.32 Å². The molecule has 0 aromatic rings. The molecule has 0 aliphatic carbocycles. The molecule has 2 nitrogen and oxygen atoms in total. The maximum Gasteiger partial charge on any atom is 0.222 e. The number of nitrogens with one attached hydrogen (secondary N) is 1. The van der Waals surface area contributed by atoms with Crippen LogP contribution in [0.1, 0.15) is 19.8 Å². The van der Waals surface area contributed by atoms with Gasteiger partial charge in [-0.25, -0.2) is 0 Å². The molecule has 0 saturated heterocycles. The molecule has 1 N–H and O–H groups in total. The van der Waals surface area contributed by atoms with E-state index in [1.54, 1.807) is 7.05 Å². The van der Waals surface area contributed by atoms with E-state index >= 15 is 0 Å². The van der Waals surface area contributed by atoms with Crippen LogP contribution in [0.3, 0.4) is 0 Å². The molecule has 2 radical (unpaired) electrons. The van der Waals surface area contributed by atoms with E-state index in [-0.39, 0.29) is 11.8 Å². The highest BCUT2D eigenvalue weighted by Crippen LogP contribution is 2.06. The summed E-state index contributed by atoms with van der Waals surface area (Å²) in [6.07, 6.45) is 2.48. The van der Waals surface area contributed by atoms with Crippen LogP contribution >= 0.6 is 0 Å². The van der Waals surface area contributed by atoms with Gasteiger partial charge < -0.3 is 5.32 Å². The third-order valence-electron chi connectivity index (χ3n) is 1.54. The maximum absolute atomic E-state index is 10.9. The van der Waals surface area contributed by atoms with Crippen LogP contribution in [0.5, 0.6) is 0 Å². The minimum atomic E-state index is 0.105. The maximum atomic E-state index is 10.9. The Bertz CT molecular complexity index is 106. The Labute approximate surface area is 63.8 Å². The van der Waals surface area contributed by atoms with Crippen molar-refractivity contribution in [1.29, 1.82) is 0 Å². The van der Waals surface area contributed by atoms with Gasteiger partial charge in [-0.1, -0.05) is 19.7 Å². The highest BCUT2D eigenvalue weighted by atomic mass is 16.1. The Kier molecular flexibility index (Phi) is 5.08. The van der Waals surface area contributed by atoms with Crippen LogP contribution in [0.25, 0.3) is 0 Å². The first kappa shape index (κ1) is 9.53. The molecule has 0 bridgehead atoms. The lowest BCUT2D eigenvalue weighted by molar-refractivity contribution is -0.124. The van der Waals surface area contributed by atoms with Crippen LogP contribution in [0.2, 0.25) is 6.32 Å². The van der Waals surface area contributed by atoms with Gasteiger partial charge in [0.1, 0.15) is 0 Å². The molecule has 0 heterocycles. The molecule has 1 atom stereocenters. The van der Waals surface area contributed by atoms with Crippen molar-refractivity contribution in [2.45, 2.75) is 26.1 Å². The summed E-state index contributed by atoms with van der Waals surface area (Å²) in [6, 6.07) is 0. The Morgan fingerprint density at radius 3 is 2.70 bits per heavy atom. The standard InChI is InChI=1S/C7H14BNO/c1-6(4-3-5-8)7(10)9-2/h6H,3-5H2,1-2H3,(H,9,10). The summed E-state index contributed by atoms with van der Waals surface area (Å²) in [5, 5.41) is 2.59. The summed E-state index contributed by atoms with van der Waals surface area (Å²) < 4.78 is 0. The summed E-state index contributed by atoms with van der Waals surface area (Å²) in [5.41, 5.74) is 0. The minimum absolute atomic E-state index is 0.105. The molecule has 0 aliphatic heterocycles. The molecule has 0 fully saturated rings. The molecule has 1 unspecified atom stereocenters. The first-order chi connectivity index (χ1) is 4.72. The van der Waals surface area contributed by atoms with Crippen molar-refractivity contribution >= 4 is 13.8 Å². The molecular formula is C7H14BNO. The molecule has 0 spiro atoms. The largest absolute Gasteiger partial charge is 0.359 e. The van der Waals surface area contributed by atoms with Gasteiger partial charge >= 0.3 is 0 Å². The smallest absolute Gasteiger partial charge is 0.222 e. The van der Waals surface area contributed by atoms with Crippen LogP contribution in [0, 0.1) is 5.92 Å². The fourth-order valence-corrected chi connectivity index (χ4v) is 0.802. The highest BCUT2D eigenvalue weighted by molar-refractivity contribution is 6.08. The quantitative estimate of drug-likeness (QED) is 0.571. The summed E-state index contributed by atoms with van der Waals surface area (Å²) >= 11 is 0. The first-order valence-corrected chi connectivity index (χ1v) is 3.64. The SMILES string of the molecule is [B]CCCC(C)C(=O)NC. The second-order valence-electron chi connectivity index (χ2n) is 2.45. The van der Waals surface area contributed by atoms with E-state index in [1.807, 2.05) is 6.92 Å². The zero-order chi connectivity index (χ0) is 7.98. The van der Waals surface area contributed by atoms with Crippen molar-refractivity contribution in [3.8, 4) is 0 Å². The lowest BCUT2D eigenvalue weighted by Crippen LogP contribution is -2.25. The van der Waals surface area contributed by atoms with Gasteiger partial charge in [0.2, 0.25) is 5.91 Å². The molecular weight excluding hydrogens is 125 g/mol. The Hall–Kier alpha value is -0.465. The summed E-state index contributed by atoms with van der Waals surface area (Å²) in [7, 11) is 6.94. The number of carbonyl (C=O) groups excluding carboxylic acids is 1. The van der Waals surface area contributed by atoms with Crippen LogP contribution in [0.15, 0.2) is 0 Å². The van der Waals surface area contributed by atoms with Crippen LogP contribution in [0.4, 0.5) is 0 Å². The van der Waals surface area contributed by atoms with Gasteiger partial charge in [0, 0.05) is 13.0 Å². The summed E-state index contributed by atoms with van der Waals surface area (Å²) in [4.78, 5) is 10.9. The second kappa shape index (κ2) is 5.33. The minimum Gasteiger partial charge on any atom is -0.359 e. The monoisotopic (exact) mass is 139 g/mol. The predicted molar refractivity (Wildman–Crippen MR) is 43.0 cm³/mol. The number of hydrogen-bond donors (Lipinski definition) is 1. The molecule has 0 aromatic heterocycles. The van der Waals surface area contributed by atoms with Crippen LogP contribution in [-0.2, 0) is 4.79 Å². The molecule has 0 saturated carbocycles. The predicted octanol–water partition coefficient (Wildman–Crippen LogP) is 0.735. The second-order valence-corrected chi connectivity index (χ2v) is 2.45. The number of carbonyl (C=O) groups is 1. The van der Waals surface area contributed by atoms with Crippen molar-refractivity contribution < 1.29 is 4.79 Å². The molecule has 0 aromatic carbocycles. The Balaban J connectivity index is 3.41. The Morgan fingerprint density at radius 1 is 1.70 bits per heavy atom. The normalized spacial score (nSPS) is 12.6. The zero-order valence-corrected chi connectivity index (χ0v) is 6.68. The summed E-state index contributed by atoms with van der Waals surface area (Å²) in [6.45, 7) is 1.91. The topological polar surface area (TPSA) is 29.1 Å². The van der Waals surface area contributed by atoms with Crippen molar-refractivity contribution in [2.75, 3.05) is 7.05 Å². The third kappa shape index (κ3) is 3.54. The van der Waals surface area contributed by atoms with Gasteiger partial charge in [0.15, 0.2) is 0 Å². The number of hydrogen-bond acceptors (Lipinski definition) is 1. The van der Waals surface area contributed by atoms with E-state index < -0.39 is 0 Å². The van der Waals surface area contributed by atoms with E-state index in [0.29, 0.717) is 6.32 Å². The van der Waals surface area contributed by atoms with E-state index in [1.165, 1.54) is 0 Å². The average molecular weight is 139 g/mol. The highest BCUT2D eigenvalue weighted by Gasteiger charge is 2.08.